The fraction of sp³-hybridized carbons (Fsp3) is 0.240. The van der Waals surface area contributed by atoms with Crippen molar-refractivity contribution in [1.82, 2.24) is 19.5 Å². The first-order valence-corrected chi connectivity index (χ1v) is 13.5. The van der Waals surface area contributed by atoms with Crippen LogP contribution in [0.15, 0.2) is 61.1 Å². The van der Waals surface area contributed by atoms with E-state index in [4.69, 9.17) is 21.3 Å². The Hall–Kier alpha value is -3.63. The van der Waals surface area contributed by atoms with Crippen molar-refractivity contribution >= 4 is 39.1 Å². The van der Waals surface area contributed by atoms with Crippen molar-refractivity contribution in [2.75, 3.05) is 22.9 Å². The molecule has 0 saturated carbocycles. The molecule has 0 radical (unpaired) electrons. The maximum atomic E-state index is 12.4. The van der Waals surface area contributed by atoms with Crippen LogP contribution in [-0.4, -0.2) is 40.8 Å². The van der Waals surface area contributed by atoms with Crippen LogP contribution < -0.4 is 14.8 Å². The van der Waals surface area contributed by atoms with Crippen LogP contribution in [-0.2, 0) is 16.4 Å². The number of anilines is 3. The van der Waals surface area contributed by atoms with Gasteiger partial charge in [0, 0.05) is 29.4 Å². The highest BCUT2D eigenvalue weighted by Crippen LogP contribution is 2.40. The Bertz CT molecular complexity index is 1510. The van der Waals surface area contributed by atoms with E-state index < -0.39 is 10.0 Å². The van der Waals surface area contributed by atoms with E-state index in [1.54, 1.807) is 31.1 Å². The van der Waals surface area contributed by atoms with Gasteiger partial charge in [-0.05, 0) is 37.5 Å². The van der Waals surface area contributed by atoms with Crippen molar-refractivity contribution in [3.05, 3.63) is 83.0 Å². The van der Waals surface area contributed by atoms with Gasteiger partial charge in [-0.3, -0.25) is 4.72 Å². The quantitative estimate of drug-likeness (QED) is 0.337. The van der Waals surface area contributed by atoms with E-state index in [2.05, 4.69) is 32.1 Å². The van der Waals surface area contributed by atoms with Crippen LogP contribution in [0.3, 0.4) is 0 Å². The maximum Gasteiger partial charge on any atom is 0.233 e. The summed E-state index contributed by atoms with van der Waals surface area (Å²) in [4.78, 5) is 13.4. The topological polar surface area (TPSA) is 111 Å². The fourth-order valence-electron chi connectivity index (χ4n) is 4.36. The predicted octanol–water partition coefficient (Wildman–Crippen LogP) is 4.91. The minimum Gasteiger partial charge on any atom is -0.494 e. The molecule has 1 aliphatic carbocycles. The van der Waals surface area contributed by atoms with Crippen LogP contribution in [0.5, 0.6) is 5.75 Å². The molecule has 2 heterocycles. The van der Waals surface area contributed by atoms with Crippen molar-refractivity contribution in [3.8, 4) is 11.4 Å². The summed E-state index contributed by atoms with van der Waals surface area (Å²) >= 11 is 5.97. The number of fused-ring (bicyclic) bond motifs is 1. The van der Waals surface area contributed by atoms with Gasteiger partial charge in [0.1, 0.15) is 23.0 Å². The van der Waals surface area contributed by atoms with E-state index in [9.17, 15) is 8.42 Å². The molecular weight excluding hydrogens is 500 g/mol. The van der Waals surface area contributed by atoms with Crippen molar-refractivity contribution in [2.45, 2.75) is 25.7 Å². The van der Waals surface area contributed by atoms with Gasteiger partial charge in [0.2, 0.25) is 16.0 Å². The summed E-state index contributed by atoms with van der Waals surface area (Å²) in [7, 11) is -1.94. The second kappa shape index (κ2) is 9.79. The molecule has 2 N–H and O–H groups in total. The first-order valence-electron chi connectivity index (χ1n) is 11.5. The molecule has 2 aromatic heterocycles. The second-order valence-electron chi connectivity index (χ2n) is 8.38. The summed E-state index contributed by atoms with van der Waals surface area (Å²) in [5.41, 5.74) is 4.23. The number of halogens is 1. The van der Waals surface area contributed by atoms with E-state index in [1.165, 1.54) is 0 Å². The number of nitrogens with one attached hydrogen (secondary N) is 2. The highest BCUT2D eigenvalue weighted by molar-refractivity contribution is 7.92. The zero-order chi connectivity index (χ0) is 25.3. The van der Waals surface area contributed by atoms with Crippen molar-refractivity contribution in [1.29, 1.82) is 0 Å². The number of hydrogen-bond acceptors (Lipinski definition) is 7. The molecule has 0 aliphatic heterocycles. The molecule has 5 rings (SSSR count). The van der Waals surface area contributed by atoms with E-state index in [-0.39, 0.29) is 11.7 Å². The number of rotatable bonds is 8. The number of methoxy groups -OCH3 is 1. The fourth-order valence-corrected chi connectivity index (χ4v) is 5.12. The van der Waals surface area contributed by atoms with Crippen LogP contribution >= 0.6 is 11.6 Å². The lowest BCUT2D eigenvalue weighted by Gasteiger charge is -2.16. The lowest BCUT2D eigenvalue weighted by Crippen LogP contribution is -2.18. The monoisotopic (exact) mass is 524 g/mol. The van der Waals surface area contributed by atoms with Crippen LogP contribution in [0.2, 0.25) is 5.15 Å². The summed E-state index contributed by atoms with van der Waals surface area (Å²) in [6, 6.07) is 15.6. The summed E-state index contributed by atoms with van der Waals surface area (Å²) in [6.45, 7) is 1.59. The third kappa shape index (κ3) is 4.87. The molecule has 4 aromatic rings. The Labute approximate surface area is 214 Å². The maximum absolute atomic E-state index is 12.4. The highest BCUT2D eigenvalue weighted by atomic mass is 35.5. The average molecular weight is 525 g/mol. The number of benzene rings is 2. The molecule has 0 fully saturated rings. The zero-order valence-electron chi connectivity index (χ0n) is 19.8. The largest absolute Gasteiger partial charge is 0.494 e. The molecule has 0 saturated heterocycles. The number of nitrogens with zero attached hydrogens (tertiary/aromatic N) is 4. The Morgan fingerprint density at radius 2 is 1.97 bits per heavy atom. The van der Waals surface area contributed by atoms with E-state index >= 15 is 0 Å². The summed E-state index contributed by atoms with van der Waals surface area (Å²) < 4.78 is 34.8. The van der Waals surface area contributed by atoms with E-state index in [1.807, 2.05) is 36.4 Å². The molecule has 11 heteroatoms. The molecule has 1 atom stereocenters. The van der Waals surface area contributed by atoms with Crippen LogP contribution in [0.1, 0.15) is 36.1 Å². The minimum absolute atomic E-state index is 0.0480. The molecule has 0 bridgehead atoms. The zero-order valence-corrected chi connectivity index (χ0v) is 21.3. The molecule has 1 aliphatic rings. The van der Waals surface area contributed by atoms with Crippen molar-refractivity contribution in [3.63, 3.8) is 0 Å². The molecule has 2 aromatic carbocycles. The molecule has 0 spiro atoms. The van der Waals surface area contributed by atoms with Gasteiger partial charge in [-0.15, -0.1) is 0 Å². The average Bonchev–Trinajstić information content (AvgIpc) is 3.51. The Morgan fingerprint density at radius 3 is 2.67 bits per heavy atom. The minimum atomic E-state index is -3.52. The summed E-state index contributed by atoms with van der Waals surface area (Å²) in [6.07, 6.45) is 4.81. The molecular formula is C25H25ClN6O3S. The number of imidazole rings is 1. The van der Waals surface area contributed by atoms with E-state index in [0.29, 0.717) is 34.8 Å². The van der Waals surface area contributed by atoms with Gasteiger partial charge in [-0.25, -0.2) is 18.4 Å². The summed E-state index contributed by atoms with van der Waals surface area (Å²) in [5, 5.41) is 3.60. The summed E-state index contributed by atoms with van der Waals surface area (Å²) in [5.74, 6) is 1.21. The Balaban J connectivity index is 1.53. The lowest BCUT2D eigenvalue weighted by molar-refractivity contribution is 0.413. The first kappa shape index (κ1) is 24.1. The van der Waals surface area contributed by atoms with Crippen LogP contribution in [0, 0.1) is 0 Å². The van der Waals surface area contributed by atoms with Crippen LogP contribution in [0.4, 0.5) is 17.5 Å². The Kier molecular flexibility index (Phi) is 6.55. The number of aromatic nitrogens is 4. The third-order valence-corrected chi connectivity index (χ3v) is 7.61. The molecule has 1 unspecified atom stereocenters. The SMILES string of the molecule is CCS(=O)(=O)Nc1nc(Nc2ccc(-n3cnc(Cl)c3)c(OC)c2)nc2c1CCC2c1ccccc1. The van der Waals surface area contributed by atoms with Gasteiger partial charge >= 0.3 is 0 Å². The standard InChI is InChI=1S/C25H25ClN6O3S/c1-3-36(33,34)31-24-19-11-10-18(16-7-5-4-6-8-16)23(19)29-25(30-24)28-17-9-12-20(21(13-17)35-2)32-14-22(26)27-15-32/h4-9,12-15,18H,3,10-11H2,1-2H3,(H2,28,29,30,31). The Morgan fingerprint density at radius 1 is 1.17 bits per heavy atom. The first-order chi connectivity index (χ1) is 17.4. The highest BCUT2D eigenvalue weighted by Gasteiger charge is 2.30. The second-order valence-corrected chi connectivity index (χ2v) is 10.8. The number of sulfonamides is 1. The van der Waals surface area contributed by atoms with Gasteiger partial charge < -0.3 is 14.6 Å². The van der Waals surface area contributed by atoms with Crippen LogP contribution in [0.25, 0.3) is 5.69 Å². The van der Waals surface area contributed by atoms with Gasteiger partial charge in [0.25, 0.3) is 0 Å². The van der Waals surface area contributed by atoms with Crippen molar-refractivity contribution in [2.24, 2.45) is 0 Å². The van der Waals surface area contributed by atoms with Gasteiger partial charge in [-0.2, -0.15) is 4.98 Å². The predicted molar refractivity (Wildman–Crippen MR) is 140 cm³/mol. The molecule has 0 amide bonds. The van der Waals surface area contributed by atoms with Gasteiger partial charge in [0.15, 0.2) is 0 Å². The van der Waals surface area contributed by atoms with Crippen molar-refractivity contribution < 1.29 is 13.2 Å². The molecule has 36 heavy (non-hydrogen) atoms. The number of ether oxygens (including phenoxy) is 1. The lowest BCUT2D eigenvalue weighted by atomic mass is 9.97. The van der Waals surface area contributed by atoms with E-state index in [0.717, 1.165) is 28.9 Å². The van der Waals surface area contributed by atoms with Gasteiger partial charge in [0.05, 0.1) is 24.2 Å². The number of hydrogen-bond donors (Lipinski definition) is 2. The third-order valence-electron chi connectivity index (χ3n) is 6.15. The van der Waals surface area contributed by atoms with Gasteiger partial charge in [-0.1, -0.05) is 41.9 Å². The molecule has 186 valence electrons. The smallest absolute Gasteiger partial charge is 0.233 e. The normalized spacial score (nSPS) is 14.9. The molecule has 9 nitrogen and oxygen atoms in total.